The van der Waals surface area contributed by atoms with Gasteiger partial charge in [-0.15, -0.1) is 0 Å². The van der Waals surface area contributed by atoms with Gasteiger partial charge in [0, 0.05) is 36.4 Å². The molecule has 0 N–H and O–H groups in total. The number of ether oxygens (including phenoxy) is 1. The van der Waals surface area contributed by atoms with E-state index in [2.05, 4.69) is 4.98 Å². The number of fused-ring (bicyclic) bond motifs is 1. The second kappa shape index (κ2) is 6.44. The van der Waals surface area contributed by atoms with Gasteiger partial charge >= 0.3 is 5.97 Å². The van der Waals surface area contributed by atoms with Gasteiger partial charge in [0.1, 0.15) is 17.7 Å². The van der Waals surface area contributed by atoms with E-state index < -0.39 is 23.7 Å². The van der Waals surface area contributed by atoms with Gasteiger partial charge in [-0.25, -0.2) is 8.78 Å². The molecule has 0 spiro atoms. The Hall–Kier alpha value is -2.30. The molecule has 0 aliphatic heterocycles. The number of hydrogen-bond acceptors (Lipinski definition) is 3. The lowest BCUT2D eigenvalue weighted by molar-refractivity contribution is -0.148. The van der Waals surface area contributed by atoms with Crippen LogP contribution in [0.25, 0.3) is 0 Å². The number of nitrogens with zero attached hydrogens (tertiary/aromatic N) is 1. The highest BCUT2D eigenvalue weighted by molar-refractivity contribution is 5.66. The van der Waals surface area contributed by atoms with Crippen molar-refractivity contribution in [3.8, 4) is 0 Å². The zero-order valence-corrected chi connectivity index (χ0v) is 12.8. The first-order valence-electron chi connectivity index (χ1n) is 7.61. The lowest BCUT2D eigenvalue weighted by atomic mass is 9.87. The van der Waals surface area contributed by atoms with Crippen molar-refractivity contribution in [1.29, 1.82) is 0 Å². The molecule has 0 saturated heterocycles. The van der Waals surface area contributed by atoms with Crippen LogP contribution in [0.5, 0.6) is 0 Å². The van der Waals surface area contributed by atoms with Gasteiger partial charge in [-0.05, 0) is 43.0 Å². The second-order valence-corrected chi connectivity index (χ2v) is 5.77. The fraction of sp³-hybridized carbons (Fsp3) is 0.333. The zero-order valence-electron chi connectivity index (χ0n) is 12.8. The smallest absolute Gasteiger partial charge is 0.303 e. The summed E-state index contributed by atoms with van der Waals surface area (Å²) in [5.41, 5.74) is 2.19. The van der Waals surface area contributed by atoms with Crippen LogP contribution in [-0.4, -0.2) is 11.0 Å². The summed E-state index contributed by atoms with van der Waals surface area (Å²) in [5.74, 6) is -1.97. The number of carbonyl (C=O) groups is 1. The van der Waals surface area contributed by atoms with Gasteiger partial charge < -0.3 is 4.74 Å². The maximum atomic E-state index is 13.6. The second-order valence-electron chi connectivity index (χ2n) is 5.77. The van der Waals surface area contributed by atoms with E-state index in [-0.39, 0.29) is 5.92 Å². The first kappa shape index (κ1) is 15.6. The molecule has 2 atom stereocenters. The number of carbonyl (C=O) groups excluding carboxylic acids is 1. The van der Waals surface area contributed by atoms with E-state index >= 15 is 0 Å². The quantitative estimate of drug-likeness (QED) is 0.619. The van der Waals surface area contributed by atoms with Gasteiger partial charge in [0.05, 0.1) is 0 Å². The first-order valence-corrected chi connectivity index (χ1v) is 7.61. The molecule has 3 rings (SSSR count). The number of benzene rings is 1. The van der Waals surface area contributed by atoms with Crippen LogP contribution >= 0.6 is 0 Å². The standard InChI is InChI=1S/C18H17F2NO2/c1-11(22)23-18-15(12-8-13(19)10-14(20)9-12)4-2-6-17-16(18)5-3-7-21-17/h3,5,7-10,15,18H,2,4,6H2,1H3/t15-,18-/m0/s1. The SMILES string of the molecule is CC(=O)O[C@@H]1c2cccnc2CCC[C@H]1c1cc(F)cc(F)c1. The molecular formula is C18H17F2NO2. The minimum atomic E-state index is -0.628. The van der Waals surface area contributed by atoms with Gasteiger partial charge in [-0.1, -0.05) is 6.07 Å². The van der Waals surface area contributed by atoms with Gasteiger partial charge in [0.25, 0.3) is 0 Å². The van der Waals surface area contributed by atoms with E-state index in [9.17, 15) is 13.6 Å². The highest BCUT2D eigenvalue weighted by atomic mass is 19.1. The van der Waals surface area contributed by atoms with E-state index in [0.29, 0.717) is 12.0 Å². The van der Waals surface area contributed by atoms with Gasteiger partial charge in [0.15, 0.2) is 0 Å². The van der Waals surface area contributed by atoms with Crippen molar-refractivity contribution in [3.05, 3.63) is 65.0 Å². The van der Waals surface area contributed by atoms with Gasteiger partial charge in [0.2, 0.25) is 0 Å². The third-order valence-corrected chi connectivity index (χ3v) is 4.13. The molecule has 1 aliphatic rings. The van der Waals surface area contributed by atoms with Crippen molar-refractivity contribution in [2.45, 2.75) is 38.2 Å². The Morgan fingerprint density at radius 3 is 2.70 bits per heavy atom. The maximum absolute atomic E-state index is 13.6. The molecule has 2 aromatic rings. The minimum absolute atomic E-state index is 0.297. The third-order valence-electron chi connectivity index (χ3n) is 4.13. The number of pyridine rings is 1. The van der Waals surface area contributed by atoms with E-state index in [1.54, 1.807) is 12.3 Å². The van der Waals surface area contributed by atoms with E-state index in [0.717, 1.165) is 30.2 Å². The molecule has 0 amide bonds. The number of hydrogen-bond donors (Lipinski definition) is 0. The van der Waals surface area contributed by atoms with Crippen molar-refractivity contribution < 1.29 is 18.3 Å². The summed E-state index contributed by atoms with van der Waals surface area (Å²) in [4.78, 5) is 15.9. The summed E-state index contributed by atoms with van der Waals surface area (Å²) in [6.07, 6.45) is 3.34. The van der Waals surface area contributed by atoms with Gasteiger partial charge in [-0.3, -0.25) is 9.78 Å². The normalized spacial score (nSPS) is 20.5. The Bertz CT molecular complexity index is 712. The molecule has 5 heteroatoms. The zero-order chi connectivity index (χ0) is 16.4. The molecule has 120 valence electrons. The molecule has 0 fully saturated rings. The van der Waals surface area contributed by atoms with Crippen LogP contribution in [0.1, 0.15) is 48.6 Å². The maximum Gasteiger partial charge on any atom is 0.303 e. The Morgan fingerprint density at radius 2 is 2.00 bits per heavy atom. The molecule has 0 unspecified atom stereocenters. The Labute approximate surface area is 133 Å². The van der Waals surface area contributed by atoms with Gasteiger partial charge in [-0.2, -0.15) is 0 Å². The predicted octanol–water partition coefficient (Wildman–Crippen LogP) is 4.08. The molecule has 1 aromatic carbocycles. The first-order chi connectivity index (χ1) is 11.0. The third kappa shape index (κ3) is 3.38. The molecule has 1 heterocycles. The predicted molar refractivity (Wildman–Crippen MR) is 80.8 cm³/mol. The highest BCUT2D eigenvalue weighted by Gasteiger charge is 2.32. The van der Waals surface area contributed by atoms with Crippen molar-refractivity contribution in [1.82, 2.24) is 4.98 Å². The average molecular weight is 317 g/mol. The number of halogens is 2. The lowest BCUT2D eigenvalue weighted by Crippen LogP contribution is -2.17. The Balaban J connectivity index is 2.08. The van der Waals surface area contributed by atoms with Crippen LogP contribution in [0.15, 0.2) is 36.5 Å². The average Bonchev–Trinajstić information content (AvgIpc) is 2.66. The number of esters is 1. The fourth-order valence-corrected chi connectivity index (χ4v) is 3.23. The fourth-order valence-electron chi connectivity index (χ4n) is 3.23. The Morgan fingerprint density at radius 1 is 1.26 bits per heavy atom. The Kier molecular flexibility index (Phi) is 4.37. The summed E-state index contributed by atoms with van der Waals surface area (Å²) in [6.45, 7) is 1.34. The molecule has 1 aliphatic carbocycles. The van der Waals surface area contributed by atoms with Crippen molar-refractivity contribution >= 4 is 5.97 Å². The van der Waals surface area contributed by atoms with E-state index in [4.69, 9.17) is 4.74 Å². The van der Waals surface area contributed by atoms with Crippen molar-refractivity contribution in [2.24, 2.45) is 0 Å². The molecule has 0 saturated carbocycles. The number of aromatic nitrogens is 1. The van der Waals surface area contributed by atoms with Crippen LogP contribution in [0.4, 0.5) is 8.78 Å². The van der Waals surface area contributed by atoms with Crippen LogP contribution in [0, 0.1) is 11.6 Å². The topological polar surface area (TPSA) is 39.2 Å². The molecule has 23 heavy (non-hydrogen) atoms. The molecule has 0 bridgehead atoms. The van der Waals surface area contributed by atoms with Crippen LogP contribution < -0.4 is 0 Å². The number of aryl methyl sites for hydroxylation is 1. The lowest BCUT2D eigenvalue weighted by Gasteiger charge is -2.26. The highest BCUT2D eigenvalue weighted by Crippen LogP contribution is 2.41. The summed E-state index contributed by atoms with van der Waals surface area (Å²) in [5, 5.41) is 0. The molecule has 0 radical (unpaired) electrons. The summed E-state index contributed by atoms with van der Waals surface area (Å²) >= 11 is 0. The van der Waals surface area contributed by atoms with Crippen LogP contribution in [0.3, 0.4) is 0 Å². The molecule has 3 nitrogen and oxygen atoms in total. The number of rotatable bonds is 2. The summed E-state index contributed by atoms with van der Waals surface area (Å²) in [6, 6.07) is 7.11. The van der Waals surface area contributed by atoms with E-state index in [1.807, 2.05) is 6.07 Å². The van der Waals surface area contributed by atoms with Crippen LogP contribution in [0.2, 0.25) is 0 Å². The summed E-state index contributed by atoms with van der Waals surface area (Å²) < 4.78 is 32.7. The monoisotopic (exact) mass is 317 g/mol. The molecule has 1 aromatic heterocycles. The van der Waals surface area contributed by atoms with Crippen LogP contribution in [-0.2, 0) is 16.0 Å². The minimum Gasteiger partial charge on any atom is -0.457 e. The molecular weight excluding hydrogens is 300 g/mol. The summed E-state index contributed by atoms with van der Waals surface area (Å²) in [7, 11) is 0. The van der Waals surface area contributed by atoms with Crippen molar-refractivity contribution in [3.63, 3.8) is 0 Å². The largest absolute Gasteiger partial charge is 0.457 e. The van der Waals surface area contributed by atoms with E-state index in [1.165, 1.54) is 19.1 Å². The van der Waals surface area contributed by atoms with Crippen molar-refractivity contribution in [2.75, 3.05) is 0 Å².